The average Bonchev–Trinajstić information content (AvgIpc) is 3.09. The number of anilines is 3. The number of nitrogens with zero attached hydrogens (tertiary/aromatic N) is 2. The summed E-state index contributed by atoms with van der Waals surface area (Å²) in [4.78, 5) is 12.8. The van der Waals surface area contributed by atoms with Crippen molar-refractivity contribution in [3.8, 4) is 0 Å². The second-order valence-corrected chi connectivity index (χ2v) is 9.88. The minimum Gasteiger partial charge on any atom is -0.330 e. The first-order valence-corrected chi connectivity index (χ1v) is 11.3. The summed E-state index contributed by atoms with van der Waals surface area (Å²) in [6, 6.07) is 14.2. The second-order valence-electron chi connectivity index (χ2n) is 7.31. The van der Waals surface area contributed by atoms with Gasteiger partial charge in [-0.05, 0) is 55.5 Å². The number of amides is 1. The highest BCUT2D eigenvalue weighted by molar-refractivity contribution is 8.02. The molecule has 1 unspecified atom stereocenters. The van der Waals surface area contributed by atoms with Gasteiger partial charge in [0.05, 0.1) is 5.25 Å². The number of carbonyl (C=O) groups excluding carboxylic acids is 1. The molecule has 0 aliphatic carbocycles. The summed E-state index contributed by atoms with van der Waals surface area (Å²) < 4.78 is 0.761. The van der Waals surface area contributed by atoms with Gasteiger partial charge in [0, 0.05) is 11.4 Å². The lowest BCUT2D eigenvalue weighted by molar-refractivity contribution is -0.115. The largest absolute Gasteiger partial charge is 0.330 e. The molecule has 0 spiro atoms. The number of para-hydroxylation sites is 1. The van der Waals surface area contributed by atoms with Crippen molar-refractivity contribution in [2.45, 2.75) is 50.1 Å². The summed E-state index contributed by atoms with van der Waals surface area (Å²) in [5.41, 5.74) is 5.29. The van der Waals surface area contributed by atoms with Crippen molar-refractivity contribution in [2.75, 3.05) is 10.6 Å². The van der Waals surface area contributed by atoms with E-state index in [9.17, 15) is 4.79 Å². The lowest BCUT2D eigenvalue weighted by Crippen LogP contribution is -2.23. The monoisotopic (exact) mass is 426 g/mol. The van der Waals surface area contributed by atoms with Crippen molar-refractivity contribution in [1.29, 1.82) is 0 Å². The molecule has 0 saturated heterocycles. The van der Waals surface area contributed by atoms with Gasteiger partial charge in [-0.3, -0.25) is 4.79 Å². The Bertz CT molecular complexity index is 1000. The van der Waals surface area contributed by atoms with E-state index in [1.807, 2.05) is 51.1 Å². The Morgan fingerprint density at radius 2 is 1.83 bits per heavy atom. The molecule has 0 fully saturated rings. The molecule has 29 heavy (non-hydrogen) atoms. The summed E-state index contributed by atoms with van der Waals surface area (Å²) in [5, 5.41) is 15.2. The van der Waals surface area contributed by atoms with E-state index in [1.165, 1.54) is 28.7 Å². The van der Waals surface area contributed by atoms with Gasteiger partial charge in [-0.1, -0.05) is 67.3 Å². The molecule has 3 rings (SSSR count). The van der Waals surface area contributed by atoms with Crippen molar-refractivity contribution in [3.05, 3.63) is 59.2 Å². The molecule has 0 radical (unpaired) electrons. The van der Waals surface area contributed by atoms with E-state index >= 15 is 0 Å². The zero-order valence-electron chi connectivity index (χ0n) is 17.3. The summed E-state index contributed by atoms with van der Waals surface area (Å²) in [6.45, 7) is 10.2. The average molecular weight is 427 g/mol. The summed E-state index contributed by atoms with van der Waals surface area (Å²) in [7, 11) is 0. The van der Waals surface area contributed by atoms with Crippen LogP contribution in [0.3, 0.4) is 0 Å². The number of aryl methyl sites for hydroxylation is 2. The molecule has 1 atom stereocenters. The molecule has 0 bridgehead atoms. The van der Waals surface area contributed by atoms with Gasteiger partial charge in [0.15, 0.2) is 4.34 Å². The van der Waals surface area contributed by atoms with Crippen molar-refractivity contribution < 1.29 is 4.79 Å². The van der Waals surface area contributed by atoms with Gasteiger partial charge in [-0.15, -0.1) is 10.2 Å². The third kappa shape index (κ3) is 5.58. The second kappa shape index (κ2) is 9.41. The fourth-order valence-electron chi connectivity index (χ4n) is 2.93. The Hall–Kier alpha value is -2.38. The first kappa shape index (κ1) is 21.3. The maximum absolute atomic E-state index is 12.8. The molecule has 0 aliphatic rings. The Kier molecular flexibility index (Phi) is 6.92. The molecule has 1 aromatic heterocycles. The number of nitrogens with one attached hydrogen (secondary N) is 2. The first-order valence-electron chi connectivity index (χ1n) is 9.57. The highest BCUT2D eigenvalue weighted by Crippen LogP contribution is 2.32. The van der Waals surface area contributed by atoms with E-state index in [0.717, 1.165) is 26.8 Å². The Morgan fingerprint density at radius 3 is 2.55 bits per heavy atom. The minimum atomic E-state index is -0.283. The van der Waals surface area contributed by atoms with Crippen molar-refractivity contribution in [2.24, 2.45) is 0 Å². The quantitative estimate of drug-likeness (QED) is 0.444. The van der Waals surface area contributed by atoms with Crippen LogP contribution in [-0.2, 0) is 4.79 Å². The lowest BCUT2D eigenvalue weighted by atomic mass is 9.98. The molecule has 0 aliphatic heterocycles. The van der Waals surface area contributed by atoms with Crippen molar-refractivity contribution in [1.82, 2.24) is 10.2 Å². The maximum atomic E-state index is 12.8. The van der Waals surface area contributed by atoms with Crippen LogP contribution in [0.25, 0.3) is 0 Å². The zero-order valence-corrected chi connectivity index (χ0v) is 18.9. The van der Waals surface area contributed by atoms with Gasteiger partial charge in [0.1, 0.15) is 0 Å². The Balaban J connectivity index is 1.64. The number of hydrogen-bond donors (Lipinski definition) is 2. The van der Waals surface area contributed by atoms with Crippen molar-refractivity contribution in [3.63, 3.8) is 0 Å². The number of thioether (sulfide) groups is 1. The van der Waals surface area contributed by atoms with Gasteiger partial charge >= 0.3 is 0 Å². The summed E-state index contributed by atoms with van der Waals surface area (Å²) >= 11 is 2.86. The van der Waals surface area contributed by atoms with E-state index < -0.39 is 0 Å². The first-order chi connectivity index (χ1) is 13.8. The van der Waals surface area contributed by atoms with Crippen LogP contribution in [0.2, 0.25) is 0 Å². The molecule has 7 heteroatoms. The van der Waals surface area contributed by atoms with Gasteiger partial charge in [0.2, 0.25) is 11.0 Å². The third-order valence-electron chi connectivity index (χ3n) is 4.50. The zero-order chi connectivity index (χ0) is 21.0. The van der Waals surface area contributed by atoms with Crippen molar-refractivity contribution >= 4 is 45.5 Å². The van der Waals surface area contributed by atoms with E-state index in [2.05, 4.69) is 46.8 Å². The van der Waals surface area contributed by atoms with Gasteiger partial charge < -0.3 is 10.6 Å². The minimum absolute atomic E-state index is 0.0328. The standard InChI is InChI=1S/C22H26N4OS2/c1-13(2)18-11-7-9-15(4)19(18)24-20(27)16(5)28-22-26-25-21(29-22)23-17-10-6-8-14(3)12-17/h6-13,16H,1-5H3,(H,23,25)(H,24,27). The van der Waals surface area contributed by atoms with Crippen LogP contribution in [0.5, 0.6) is 0 Å². The summed E-state index contributed by atoms with van der Waals surface area (Å²) in [5.74, 6) is 0.307. The number of carbonyl (C=O) groups is 1. The van der Waals surface area contributed by atoms with Crippen LogP contribution in [-0.4, -0.2) is 21.4 Å². The fraction of sp³-hybridized carbons (Fsp3) is 0.318. The van der Waals surface area contributed by atoms with Crippen LogP contribution in [0.15, 0.2) is 46.8 Å². The molecule has 0 saturated carbocycles. The van der Waals surface area contributed by atoms with Crippen LogP contribution in [0, 0.1) is 13.8 Å². The molecular formula is C22H26N4OS2. The predicted octanol–water partition coefficient (Wildman–Crippen LogP) is 6.14. The van der Waals surface area contributed by atoms with Gasteiger partial charge in [-0.2, -0.15) is 0 Å². The fourth-order valence-corrected chi connectivity index (χ4v) is 4.84. The molecule has 2 N–H and O–H groups in total. The van der Waals surface area contributed by atoms with Crippen LogP contribution in [0.1, 0.15) is 43.4 Å². The van der Waals surface area contributed by atoms with Crippen LogP contribution < -0.4 is 10.6 Å². The van der Waals surface area contributed by atoms with E-state index in [4.69, 9.17) is 0 Å². The van der Waals surface area contributed by atoms with Crippen LogP contribution in [0.4, 0.5) is 16.5 Å². The predicted molar refractivity (Wildman–Crippen MR) is 124 cm³/mol. The number of benzene rings is 2. The normalized spacial score (nSPS) is 12.1. The molecule has 1 heterocycles. The van der Waals surface area contributed by atoms with E-state index in [0.29, 0.717) is 11.0 Å². The molecule has 5 nitrogen and oxygen atoms in total. The van der Waals surface area contributed by atoms with Gasteiger partial charge in [0.25, 0.3) is 0 Å². The number of rotatable bonds is 7. The summed E-state index contributed by atoms with van der Waals surface area (Å²) in [6.07, 6.45) is 0. The van der Waals surface area contributed by atoms with E-state index in [1.54, 1.807) is 0 Å². The molecule has 152 valence electrons. The SMILES string of the molecule is Cc1cccc(Nc2nnc(SC(C)C(=O)Nc3c(C)cccc3C(C)C)s2)c1. The van der Waals surface area contributed by atoms with Gasteiger partial charge in [-0.25, -0.2) is 0 Å². The highest BCUT2D eigenvalue weighted by atomic mass is 32.2. The third-order valence-corrected chi connectivity index (χ3v) is 6.52. The smallest absolute Gasteiger partial charge is 0.237 e. The maximum Gasteiger partial charge on any atom is 0.237 e. The highest BCUT2D eigenvalue weighted by Gasteiger charge is 2.20. The topological polar surface area (TPSA) is 66.9 Å². The molecule has 3 aromatic rings. The van der Waals surface area contributed by atoms with E-state index in [-0.39, 0.29) is 11.2 Å². The Labute approximate surface area is 180 Å². The molecule has 2 aromatic carbocycles. The number of aromatic nitrogens is 2. The number of hydrogen-bond acceptors (Lipinski definition) is 6. The molecule has 1 amide bonds. The van der Waals surface area contributed by atoms with Crippen LogP contribution >= 0.6 is 23.1 Å². The Morgan fingerprint density at radius 1 is 1.07 bits per heavy atom. The molecular weight excluding hydrogens is 400 g/mol. The lowest BCUT2D eigenvalue weighted by Gasteiger charge is -2.18.